The van der Waals surface area contributed by atoms with Gasteiger partial charge in [0.2, 0.25) is 11.8 Å². The first-order chi connectivity index (χ1) is 11.5. The van der Waals surface area contributed by atoms with Crippen LogP contribution in [-0.2, 0) is 11.2 Å². The zero-order valence-corrected chi connectivity index (χ0v) is 14.9. The highest BCUT2D eigenvalue weighted by Gasteiger charge is 2.34. The van der Waals surface area contributed by atoms with Crippen molar-refractivity contribution in [1.29, 1.82) is 0 Å². The van der Waals surface area contributed by atoms with Crippen LogP contribution in [0.3, 0.4) is 0 Å². The normalized spacial score (nSPS) is 17.7. The Hall–Kier alpha value is -2.02. The Kier molecular flexibility index (Phi) is 4.80. The number of ketones is 1. The quantitative estimate of drug-likeness (QED) is 0.775. The van der Waals surface area contributed by atoms with Crippen molar-refractivity contribution in [1.82, 2.24) is 15.0 Å². The van der Waals surface area contributed by atoms with Crippen molar-refractivity contribution in [2.24, 2.45) is 0 Å². The summed E-state index contributed by atoms with van der Waals surface area (Å²) in [5.41, 5.74) is 0.884. The summed E-state index contributed by atoms with van der Waals surface area (Å²) in [7, 11) is 0. The van der Waals surface area contributed by atoms with Gasteiger partial charge < -0.3 is 9.42 Å². The molecule has 3 rings (SSSR count). The number of aromatic nitrogens is 2. The Balaban J connectivity index is 1.71. The summed E-state index contributed by atoms with van der Waals surface area (Å²) in [6.07, 6.45) is 2.07. The number of Topliss-reactive ketones (excluding diaryl/α,β-unsaturated/α-hetero) is 1. The number of hydrogen-bond donors (Lipinski definition) is 0. The van der Waals surface area contributed by atoms with Gasteiger partial charge in [-0.1, -0.05) is 19.0 Å². The van der Waals surface area contributed by atoms with Crippen molar-refractivity contribution in [3.63, 3.8) is 0 Å². The van der Waals surface area contributed by atoms with E-state index in [0.29, 0.717) is 29.6 Å². The summed E-state index contributed by atoms with van der Waals surface area (Å²) in [6, 6.07) is 1.67. The molecule has 0 unspecified atom stereocenters. The molecule has 128 valence electrons. The minimum absolute atomic E-state index is 0.0322. The van der Waals surface area contributed by atoms with E-state index in [2.05, 4.69) is 10.1 Å². The molecule has 0 N–H and O–H groups in total. The second-order valence-electron chi connectivity index (χ2n) is 6.44. The number of hydrogen-bond acceptors (Lipinski definition) is 6. The zero-order valence-electron chi connectivity index (χ0n) is 14.1. The molecule has 1 aliphatic heterocycles. The predicted molar refractivity (Wildman–Crippen MR) is 90.1 cm³/mol. The zero-order chi connectivity index (χ0) is 17.3. The topological polar surface area (TPSA) is 76.3 Å². The third-order valence-electron chi connectivity index (χ3n) is 4.19. The summed E-state index contributed by atoms with van der Waals surface area (Å²) < 4.78 is 5.38. The summed E-state index contributed by atoms with van der Waals surface area (Å²) in [4.78, 5) is 31.0. The van der Waals surface area contributed by atoms with Gasteiger partial charge in [-0.3, -0.25) is 9.59 Å². The van der Waals surface area contributed by atoms with Crippen LogP contribution >= 0.6 is 11.3 Å². The van der Waals surface area contributed by atoms with Gasteiger partial charge in [0.15, 0.2) is 11.6 Å². The molecule has 6 nitrogen and oxygen atoms in total. The van der Waals surface area contributed by atoms with E-state index in [1.165, 1.54) is 18.3 Å². The van der Waals surface area contributed by atoms with E-state index in [9.17, 15) is 9.59 Å². The second kappa shape index (κ2) is 6.84. The van der Waals surface area contributed by atoms with E-state index in [0.717, 1.165) is 18.4 Å². The molecular formula is C17H21N3O3S. The molecule has 0 spiro atoms. The fraction of sp³-hybridized carbons (Fsp3) is 0.529. The smallest absolute Gasteiger partial charge is 0.249 e. The first-order valence-electron chi connectivity index (χ1n) is 8.17. The molecule has 1 aliphatic rings. The van der Waals surface area contributed by atoms with E-state index >= 15 is 0 Å². The summed E-state index contributed by atoms with van der Waals surface area (Å²) in [5.74, 6) is 1.47. The fourth-order valence-corrected chi connectivity index (χ4v) is 3.68. The summed E-state index contributed by atoms with van der Waals surface area (Å²) >= 11 is 1.38. The van der Waals surface area contributed by atoms with Crippen LogP contribution in [-0.4, -0.2) is 33.3 Å². The number of amides is 1. The van der Waals surface area contributed by atoms with Gasteiger partial charge in [0.05, 0.1) is 11.3 Å². The molecule has 2 aromatic rings. The van der Waals surface area contributed by atoms with Crippen molar-refractivity contribution in [3.05, 3.63) is 33.6 Å². The van der Waals surface area contributed by atoms with Crippen LogP contribution in [0, 0.1) is 0 Å². The molecule has 3 heterocycles. The average Bonchev–Trinajstić information content (AvgIpc) is 3.26. The van der Waals surface area contributed by atoms with Gasteiger partial charge in [-0.15, -0.1) is 11.3 Å². The minimum Gasteiger partial charge on any atom is -0.337 e. The van der Waals surface area contributed by atoms with Gasteiger partial charge in [-0.2, -0.15) is 4.98 Å². The molecule has 1 atom stereocenters. The molecule has 1 amide bonds. The lowest BCUT2D eigenvalue weighted by molar-refractivity contribution is -0.131. The van der Waals surface area contributed by atoms with E-state index in [-0.39, 0.29) is 23.7 Å². The highest BCUT2D eigenvalue weighted by Crippen LogP contribution is 2.32. The van der Waals surface area contributed by atoms with Crippen molar-refractivity contribution < 1.29 is 14.1 Å². The van der Waals surface area contributed by atoms with E-state index in [1.807, 2.05) is 24.1 Å². The van der Waals surface area contributed by atoms with Crippen molar-refractivity contribution >= 4 is 23.0 Å². The third-order valence-corrected chi connectivity index (χ3v) is 5.27. The SMILES string of the molecule is CC(=O)c1cc(CC(=O)N2CCC[C@@H]2c2nc(C(C)C)no2)cs1. The van der Waals surface area contributed by atoms with Gasteiger partial charge in [-0.05, 0) is 36.8 Å². The first kappa shape index (κ1) is 16.8. The van der Waals surface area contributed by atoms with Crippen molar-refractivity contribution in [2.45, 2.75) is 52.0 Å². The Morgan fingerprint density at radius 1 is 1.46 bits per heavy atom. The van der Waals surface area contributed by atoms with E-state index in [4.69, 9.17) is 4.52 Å². The molecule has 7 heteroatoms. The maximum Gasteiger partial charge on any atom is 0.249 e. The number of carbonyl (C=O) groups is 2. The Morgan fingerprint density at radius 3 is 2.88 bits per heavy atom. The molecule has 2 aromatic heterocycles. The average molecular weight is 347 g/mol. The minimum atomic E-state index is -0.136. The molecule has 0 radical (unpaired) electrons. The number of nitrogens with zero attached hydrogens (tertiary/aromatic N) is 3. The molecule has 1 saturated heterocycles. The van der Waals surface area contributed by atoms with Gasteiger partial charge in [0, 0.05) is 12.5 Å². The van der Waals surface area contributed by atoms with Crippen molar-refractivity contribution in [3.8, 4) is 0 Å². The van der Waals surface area contributed by atoms with Crippen LogP contribution in [0.25, 0.3) is 0 Å². The number of thiophene rings is 1. The van der Waals surface area contributed by atoms with Crippen LogP contribution < -0.4 is 0 Å². The fourth-order valence-electron chi connectivity index (χ4n) is 2.87. The van der Waals surface area contributed by atoms with Gasteiger partial charge in [-0.25, -0.2) is 0 Å². The highest BCUT2D eigenvalue weighted by molar-refractivity contribution is 7.12. The van der Waals surface area contributed by atoms with Gasteiger partial charge in [0.25, 0.3) is 0 Å². The third kappa shape index (κ3) is 3.40. The largest absolute Gasteiger partial charge is 0.337 e. The summed E-state index contributed by atoms with van der Waals surface area (Å²) in [5, 5.41) is 5.88. The van der Waals surface area contributed by atoms with E-state index < -0.39 is 0 Å². The van der Waals surface area contributed by atoms with Crippen LogP contribution in [0.2, 0.25) is 0 Å². The number of carbonyl (C=O) groups excluding carboxylic acids is 2. The lowest BCUT2D eigenvalue weighted by Gasteiger charge is -2.21. The van der Waals surface area contributed by atoms with Crippen LogP contribution in [0.4, 0.5) is 0 Å². The monoisotopic (exact) mass is 347 g/mol. The molecule has 0 bridgehead atoms. The van der Waals surface area contributed by atoms with Gasteiger partial charge >= 0.3 is 0 Å². The Bertz CT molecular complexity index is 750. The van der Waals surface area contributed by atoms with Crippen LogP contribution in [0.5, 0.6) is 0 Å². The highest BCUT2D eigenvalue weighted by atomic mass is 32.1. The molecule has 0 aliphatic carbocycles. The lowest BCUT2D eigenvalue weighted by Crippen LogP contribution is -2.31. The van der Waals surface area contributed by atoms with Gasteiger partial charge in [0.1, 0.15) is 6.04 Å². The van der Waals surface area contributed by atoms with E-state index in [1.54, 1.807) is 6.07 Å². The number of rotatable bonds is 5. The second-order valence-corrected chi connectivity index (χ2v) is 7.35. The maximum atomic E-state index is 12.7. The molecule has 0 aromatic carbocycles. The lowest BCUT2D eigenvalue weighted by atomic mass is 10.1. The Morgan fingerprint density at radius 2 is 2.25 bits per heavy atom. The molecule has 1 fully saturated rings. The maximum absolute atomic E-state index is 12.7. The molecular weight excluding hydrogens is 326 g/mol. The van der Waals surface area contributed by atoms with Crippen molar-refractivity contribution in [2.75, 3.05) is 6.54 Å². The van der Waals surface area contributed by atoms with Crippen LogP contribution in [0.1, 0.15) is 72.5 Å². The Labute approximate surface area is 144 Å². The molecule has 0 saturated carbocycles. The standard InChI is InChI=1S/C17H21N3O3S/c1-10(2)16-18-17(23-19-16)13-5-4-6-20(13)15(22)8-12-7-14(11(3)21)24-9-12/h7,9-10,13H,4-6,8H2,1-3H3/t13-/m1/s1. The summed E-state index contributed by atoms with van der Waals surface area (Å²) in [6.45, 7) is 6.26. The predicted octanol–water partition coefficient (Wildman–Crippen LogP) is 3.36. The van der Waals surface area contributed by atoms with Crippen LogP contribution in [0.15, 0.2) is 16.0 Å². The first-order valence-corrected chi connectivity index (χ1v) is 9.05. The molecule has 24 heavy (non-hydrogen) atoms. The number of likely N-dealkylation sites (tertiary alicyclic amines) is 1.